The zero-order chi connectivity index (χ0) is 19.5. The maximum Gasteiger partial charge on any atom is 0.235 e. The average Bonchev–Trinajstić information content (AvgIpc) is 2.72. The van der Waals surface area contributed by atoms with Crippen LogP contribution in [0.1, 0.15) is 24.4 Å². The number of para-hydroxylation sites is 1. The van der Waals surface area contributed by atoms with Gasteiger partial charge in [-0.2, -0.15) is 0 Å². The van der Waals surface area contributed by atoms with E-state index in [9.17, 15) is 4.79 Å². The first-order chi connectivity index (χ1) is 13.6. The second kappa shape index (κ2) is 7.61. The van der Waals surface area contributed by atoms with Gasteiger partial charge in [-0.15, -0.1) is 0 Å². The van der Waals surface area contributed by atoms with Gasteiger partial charge in [0.25, 0.3) is 0 Å². The standard InChI is InChI=1S/C24H20O4/c1-16(18-9-5-3-6-10-18)26-20-13-14-21-22(15-20)27-17(2)24(23(21)25)28-19-11-7-4-8-12-19/h3-16H,1-2H3/t16-/m1/s1. The molecule has 0 radical (unpaired) electrons. The van der Waals surface area contributed by atoms with Gasteiger partial charge in [0.2, 0.25) is 11.2 Å². The smallest absolute Gasteiger partial charge is 0.235 e. The number of hydrogen-bond acceptors (Lipinski definition) is 4. The molecule has 0 saturated carbocycles. The van der Waals surface area contributed by atoms with Gasteiger partial charge in [-0.3, -0.25) is 4.79 Å². The molecular weight excluding hydrogens is 352 g/mol. The van der Waals surface area contributed by atoms with E-state index in [4.69, 9.17) is 13.9 Å². The highest BCUT2D eigenvalue weighted by molar-refractivity contribution is 5.79. The number of hydrogen-bond donors (Lipinski definition) is 0. The van der Waals surface area contributed by atoms with Gasteiger partial charge in [-0.25, -0.2) is 0 Å². The van der Waals surface area contributed by atoms with Crippen LogP contribution in [0.15, 0.2) is 88.1 Å². The molecule has 0 aliphatic carbocycles. The zero-order valence-electron chi connectivity index (χ0n) is 15.7. The molecule has 0 bridgehead atoms. The molecule has 28 heavy (non-hydrogen) atoms. The minimum absolute atomic E-state index is 0.118. The predicted molar refractivity (Wildman–Crippen MR) is 109 cm³/mol. The largest absolute Gasteiger partial charge is 0.486 e. The van der Waals surface area contributed by atoms with Gasteiger partial charge >= 0.3 is 0 Å². The third-order valence-electron chi connectivity index (χ3n) is 4.53. The van der Waals surface area contributed by atoms with Crippen molar-refractivity contribution in [2.45, 2.75) is 20.0 Å². The van der Waals surface area contributed by atoms with Crippen LogP contribution in [-0.2, 0) is 0 Å². The van der Waals surface area contributed by atoms with Crippen LogP contribution < -0.4 is 14.9 Å². The lowest BCUT2D eigenvalue weighted by molar-refractivity contribution is 0.227. The fourth-order valence-electron chi connectivity index (χ4n) is 3.06. The molecule has 4 heteroatoms. The van der Waals surface area contributed by atoms with Crippen molar-refractivity contribution in [3.8, 4) is 17.2 Å². The van der Waals surface area contributed by atoms with E-state index >= 15 is 0 Å². The molecule has 0 fully saturated rings. The number of benzene rings is 3. The van der Waals surface area contributed by atoms with Gasteiger partial charge in [-0.1, -0.05) is 48.5 Å². The van der Waals surface area contributed by atoms with Crippen molar-refractivity contribution in [1.82, 2.24) is 0 Å². The molecule has 0 spiro atoms. The summed E-state index contributed by atoms with van der Waals surface area (Å²) in [5.74, 6) is 1.86. The summed E-state index contributed by atoms with van der Waals surface area (Å²) < 4.78 is 17.7. The van der Waals surface area contributed by atoms with E-state index in [0.29, 0.717) is 28.2 Å². The summed E-state index contributed by atoms with van der Waals surface area (Å²) >= 11 is 0. The first-order valence-electron chi connectivity index (χ1n) is 9.14. The molecule has 1 atom stereocenters. The third-order valence-corrected chi connectivity index (χ3v) is 4.53. The molecule has 0 N–H and O–H groups in total. The van der Waals surface area contributed by atoms with E-state index in [-0.39, 0.29) is 17.3 Å². The molecule has 1 heterocycles. The number of aryl methyl sites for hydroxylation is 1. The Kier molecular flexibility index (Phi) is 4.85. The van der Waals surface area contributed by atoms with Crippen molar-refractivity contribution in [3.63, 3.8) is 0 Å². The van der Waals surface area contributed by atoms with Gasteiger partial charge in [0.05, 0.1) is 5.39 Å². The van der Waals surface area contributed by atoms with E-state index in [1.54, 1.807) is 37.3 Å². The third kappa shape index (κ3) is 3.62. The molecule has 4 nitrogen and oxygen atoms in total. The van der Waals surface area contributed by atoms with Crippen molar-refractivity contribution in [2.75, 3.05) is 0 Å². The van der Waals surface area contributed by atoms with Crippen LogP contribution in [-0.4, -0.2) is 0 Å². The lowest BCUT2D eigenvalue weighted by atomic mass is 10.1. The highest BCUT2D eigenvalue weighted by Gasteiger charge is 2.15. The number of fused-ring (bicyclic) bond motifs is 1. The van der Waals surface area contributed by atoms with E-state index < -0.39 is 0 Å². The van der Waals surface area contributed by atoms with Gasteiger partial charge in [0, 0.05) is 6.07 Å². The van der Waals surface area contributed by atoms with Gasteiger partial charge in [0.15, 0.2) is 0 Å². The summed E-state index contributed by atoms with van der Waals surface area (Å²) in [7, 11) is 0. The van der Waals surface area contributed by atoms with Gasteiger partial charge < -0.3 is 13.9 Å². The minimum Gasteiger partial charge on any atom is -0.486 e. The van der Waals surface area contributed by atoms with E-state index in [0.717, 1.165) is 5.56 Å². The lowest BCUT2D eigenvalue weighted by Crippen LogP contribution is -2.08. The monoisotopic (exact) mass is 372 g/mol. The summed E-state index contributed by atoms with van der Waals surface area (Å²) in [6.45, 7) is 3.71. The summed E-state index contributed by atoms with van der Waals surface area (Å²) in [5, 5.41) is 0.455. The van der Waals surface area contributed by atoms with Crippen molar-refractivity contribution in [3.05, 3.63) is 100 Å². The highest BCUT2D eigenvalue weighted by atomic mass is 16.5. The maximum absolute atomic E-state index is 12.9. The molecular formula is C24H20O4. The van der Waals surface area contributed by atoms with Gasteiger partial charge in [-0.05, 0) is 43.7 Å². The second-order valence-corrected chi connectivity index (χ2v) is 6.56. The van der Waals surface area contributed by atoms with E-state index in [2.05, 4.69) is 0 Å². The van der Waals surface area contributed by atoms with Crippen molar-refractivity contribution < 1.29 is 13.9 Å². The fraction of sp³-hybridized carbons (Fsp3) is 0.125. The van der Waals surface area contributed by atoms with Crippen molar-refractivity contribution in [1.29, 1.82) is 0 Å². The number of rotatable bonds is 5. The molecule has 140 valence electrons. The minimum atomic E-state index is -0.203. The van der Waals surface area contributed by atoms with Gasteiger partial charge in [0.1, 0.15) is 28.9 Å². The molecule has 3 aromatic carbocycles. The van der Waals surface area contributed by atoms with Crippen molar-refractivity contribution >= 4 is 11.0 Å². The Morgan fingerprint density at radius 1 is 0.857 bits per heavy atom. The summed E-state index contributed by atoms with van der Waals surface area (Å²) in [6.07, 6.45) is -0.118. The maximum atomic E-state index is 12.9. The Balaban J connectivity index is 1.65. The molecule has 0 amide bonds. The van der Waals surface area contributed by atoms with Crippen LogP contribution >= 0.6 is 0 Å². The Morgan fingerprint density at radius 3 is 2.25 bits per heavy atom. The number of ether oxygens (including phenoxy) is 2. The van der Waals surface area contributed by atoms with Crippen LogP contribution in [0, 0.1) is 6.92 Å². The molecule has 4 aromatic rings. The van der Waals surface area contributed by atoms with E-state index in [1.165, 1.54) is 0 Å². The highest BCUT2D eigenvalue weighted by Crippen LogP contribution is 2.29. The van der Waals surface area contributed by atoms with Crippen LogP contribution in [0.3, 0.4) is 0 Å². The Morgan fingerprint density at radius 2 is 1.54 bits per heavy atom. The normalized spacial score (nSPS) is 11.9. The topological polar surface area (TPSA) is 48.7 Å². The second-order valence-electron chi connectivity index (χ2n) is 6.56. The quantitative estimate of drug-likeness (QED) is 0.429. The average molecular weight is 372 g/mol. The van der Waals surface area contributed by atoms with Crippen LogP contribution in [0.25, 0.3) is 11.0 Å². The van der Waals surface area contributed by atoms with Crippen LogP contribution in [0.2, 0.25) is 0 Å². The molecule has 0 aliphatic heterocycles. The molecule has 1 aromatic heterocycles. The Hall–Kier alpha value is -3.53. The van der Waals surface area contributed by atoms with Crippen LogP contribution in [0.5, 0.6) is 17.2 Å². The summed E-state index contributed by atoms with van der Waals surface area (Å²) in [5.41, 5.74) is 1.35. The predicted octanol–water partition coefficient (Wildman–Crippen LogP) is 6.03. The first kappa shape index (κ1) is 17.9. The van der Waals surface area contributed by atoms with Crippen molar-refractivity contribution in [2.24, 2.45) is 0 Å². The van der Waals surface area contributed by atoms with E-state index in [1.807, 2.05) is 55.5 Å². The summed E-state index contributed by atoms with van der Waals surface area (Å²) in [6, 6.07) is 24.4. The Labute approximate surface area is 163 Å². The Bertz CT molecular complexity index is 1150. The molecule has 0 saturated heterocycles. The van der Waals surface area contributed by atoms with Crippen LogP contribution in [0.4, 0.5) is 0 Å². The SMILES string of the molecule is Cc1oc2cc(O[C@H](C)c3ccccc3)ccc2c(=O)c1Oc1ccccc1. The molecule has 0 unspecified atom stereocenters. The summed E-state index contributed by atoms with van der Waals surface area (Å²) in [4.78, 5) is 12.9. The lowest BCUT2D eigenvalue weighted by Gasteiger charge is -2.15. The first-order valence-corrected chi connectivity index (χ1v) is 9.14. The fourth-order valence-corrected chi connectivity index (χ4v) is 3.06. The molecule has 0 aliphatic rings. The zero-order valence-corrected chi connectivity index (χ0v) is 15.7. The molecule has 4 rings (SSSR count).